The van der Waals surface area contributed by atoms with E-state index in [1.165, 1.54) is 0 Å². The summed E-state index contributed by atoms with van der Waals surface area (Å²) < 4.78 is 0. The summed E-state index contributed by atoms with van der Waals surface area (Å²) in [7, 11) is 0. The molecular formula is C4H9O2S2Sb. The Morgan fingerprint density at radius 3 is 1.44 bits per heavy atom. The van der Waals surface area contributed by atoms with E-state index < -0.39 is 0 Å². The van der Waals surface area contributed by atoms with Crippen LogP contribution in [0.1, 0.15) is 0 Å². The number of rotatable bonds is 2. The molecule has 0 aliphatic rings. The van der Waals surface area contributed by atoms with Crippen molar-refractivity contribution in [2.75, 3.05) is 24.7 Å². The molecular weight excluding hydrogens is 266 g/mol. The number of aliphatic hydroxyl groups excluding tert-OH is 1. The third kappa shape index (κ3) is 44.2. The summed E-state index contributed by atoms with van der Waals surface area (Å²) in [4.78, 5) is 0. The molecule has 0 fully saturated rings. The van der Waals surface area contributed by atoms with E-state index in [4.69, 9.17) is 5.11 Å². The Bertz CT molecular complexity index is 24.5. The minimum absolute atomic E-state index is 0. The molecule has 0 amide bonds. The molecule has 0 unspecified atom stereocenters. The van der Waals surface area contributed by atoms with Gasteiger partial charge < -0.3 is 35.5 Å². The molecule has 0 aromatic rings. The molecule has 0 heterocycles. The summed E-state index contributed by atoms with van der Waals surface area (Å²) in [5, 5.41) is 17.0. The third-order valence-corrected chi connectivity index (χ3v) is 0.524. The summed E-state index contributed by atoms with van der Waals surface area (Å²) in [6.45, 7) is 0.0185. The SMILES string of the molecule is OCC[S-].[O-]CC[S-].[Sb+3]. The van der Waals surface area contributed by atoms with Gasteiger partial charge in [0, 0.05) is 6.61 Å². The van der Waals surface area contributed by atoms with E-state index in [2.05, 4.69) is 25.3 Å². The van der Waals surface area contributed by atoms with Gasteiger partial charge in [-0.1, -0.05) is 0 Å². The quantitative estimate of drug-likeness (QED) is 0.469. The van der Waals surface area contributed by atoms with Gasteiger partial charge in [0.15, 0.2) is 0 Å². The van der Waals surface area contributed by atoms with E-state index in [-0.39, 0.29) is 37.6 Å². The molecule has 0 rings (SSSR count). The molecule has 1 N–H and O–H groups in total. The number of aliphatic hydroxyl groups is 1. The minimum atomic E-state index is -0.116. The van der Waals surface area contributed by atoms with E-state index >= 15 is 0 Å². The molecule has 0 aliphatic carbocycles. The largest absolute Gasteiger partial charge is 3.00 e. The first-order valence-electron chi connectivity index (χ1n) is 2.18. The average Bonchev–Trinajstić information content (AvgIpc) is 1.88. The van der Waals surface area contributed by atoms with Crippen LogP contribution in [0.5, 0.6) is 0 Å². The molecule has 2 radical (unpaired) electrons. The van der Waals surface area contributed by atoms with Crippen LogP contribution in [0.3, 0.4) is 0 Å². The van der Waals surface area contributed by atoms with Gasteiger partial charge in [0.25, 0.3) is 0 Å². The van der Waals surface area contributed by atoms with Crippen molar-refractivity contribution in [3.8, 4) is 0 Å². The fraction of sp³-hybridized carbons (Fsp3) is 1.00. The summed E-state index contributed by atoms with van der Waals surface area (Å²) in [5.74, 6) is 0.806. The second-order valence-electron chi connectivity index (χ2n) is 0.836. The Labute approximate surface area is 84.3 Å². The molecule has 9 heavy (non-hydrogen) atoms. The van der Waals surface area contributed by atoms with Crippen molar-refractivity contribution < 1.29 is 10.2 Å². The van der Waals surface area contributed by atoms with Crippen LogP contribution in [0.15, 0.2) is 0 Å². The second-order valence-corrected chi connectivity index (χ2v) is 1.65. The molecule has 0 aromatic carbocycles. The van der Waals surface area contributed by atoms with E-state index in [9.17, 15) is 5.11 Å². The monoisotopic (exact) mass is 274 g/mol. The van der Waals surface area contributed by atoms with Crippen molar-refractivity contribution in [1.29, 1.82) is 0 Å². The van der Waals surface area contributed by atoms with Gasteiger partial charge in [-0.05, 0) is 0 Å². The van der Waals surface area contributed by atoms with Gasteiger partial charge in [-0.3, -0.25) is 0 Å². The molecule has 0 aliphatic heterocycles. The zero-order valence-electron chi connectivity index (χ0n) is 4.95. The van der Waals surface area contributed by atoms with E-state index in [1.807, 2.05) is 0 Å². The minimum Gasteiger partial charge on any atom is -0.856 e. The van der Waals surface area contributed by atoms with Crippen molar-refractivity contribution in [1.82, 2.24) is 0 Å². The Kier molecular flexibility index (Phi) is 42.4. The predicted octanol–water partition coefficient (Wildman–Crippen LogP) is -1.96. The fourth-order valence-corrected chi connectivity index (χ4v) is 0. The topological polar surface area (TPSA) is 43.3 Å². The van der Waals surface area contributed by atoms with Gasteiger partial charge in [0.1, 0.15) is 0 Å². The molecule has 0 bridgehead atoms. The van der Waals surface area contributed by atoms with Crippen LogP contribution in [-0.2, 0) is 25.3 Å². The second kappa shape index (κ2) is 22.7. The fourth-order valence-electron chi connectivity index (χ4n) is 0. The van der Waals surface area contributed by atoms with Crippen molar-refractivity contribution >= 4 is 49.7 Å². The maximum atomic E-state index is 9.19. The van der Waals surface area contributed by atoms with Crippen LogP contribution in [0.2, 0.25) is 0 Å². The molecule has 0 saturated heterocycles. The van der Waals surface area contributed by atoms with Gasteiger partial charge in [0.05, 0.1) is 0 Å². The van der Waals surface area contributed by atoms with Gasteiger partial charge in [-0.15, -0.1) is 0 Å². The molecule has 2 nitrogen and oxygen atoms in total. The van der Waals surface area contributed by atoms with E-state index in [0.717, 1.165) is 0 Å². The summed E-state index contributed by atoms with van der Waals surface area (Å²) in [6.07, 6.45) is 0. The van der Waals surface area contributed by atoms with Crippen molar-refractivity contribution in [2.45, 2.75) is 0 Å². The number of hydrogen-bond acceptors (Lipinski definition) is 4. The molecule has 5 heteroatoms. The van der Waals surface area contributed by atoms with Gasteiger partial charge in [-0.25, -0.2) is 0 Å². The number of hydrogen-bond donors (Lipinski definition) is 1. The van der Waals surface area contributed by atoms with Gasteiger partial charge in [0.2, 0.25) is 0 Å². The standard InChI is InChI=1S/C2H6OS.C2H5OS.Sb/c2*3-1-2-4;/h3-4H,1-2H2;4H,1-2H2;/q;-1;+3/p-2. The van der Waals surface area contributed by atoms with Crippen LogP contribution in [0.25, 0.3) is 0 Å². The zero-order valence-corrected chi connectivity index (χ0v) is 9.13. The smallest absolute Gasteiger partial charge is 0.856 e. The maximum Gasteiger partial charge on any atom is 3.00 e. The van der Waals surface area contributed by atoms with Crippen LogP contribution < -0.4 is 5.11 Å². The van der Waals surface area contributed by atoms with Crippen LogP contribution >= 0.6 is 0 Å². The van der Waals surface area contributed by atoms with Gasteiger partial charge >= 0.3 is 24.4 Å². The normalized spacial score (nSPS) is 6.67. The Balaban J connectivity index is -0.0000000720. The summed E-state index contributed by atoms with van der Waals surface area (Å²) in [5.41, 5.74) is 0. The molecule has 0 atom stereocenters. The maximum absolute atomic E-state index is 9.19. The van der Waals surface area contributed by atoms with E-state index in [0.29, 0.717) is 11.5 Å². The Hall–Kier alpha value is 1.44. The Morgan fingerprint density at radius 1 is 1.22 bits per heavy atom. The molecule has 0 aromatic heterocycles. The van der Waals surface area contributed by atoms with Crippen molar-refractivity contribution in [2.24, 2.45) is 0 Å². The predicted molar refractivity (Wildman–Crippen MR) is 42.2 cm³/mol. The molecule has 0 saturated carbocycles. The van der Waals surface area contributed by atoms with Crippen LogP contribution in [-0.4, -0.2) is 54.3 Å². The van der Waals surface area contributed by atoms with Crippen molar-refractivity contribution in [3.63, 3.8) is 0 Å². The summed E-state index contributed by atoms with van der Waals surface area (Å²) in [6, 6.07) is 0. The first-order valence-corrected chi connectivity index (χ1v) is 3.34. The first kappa shape index (κ1) is 16.8. The zero-order chi connectivity index (χ0) is 6.83. The average molecular weight is 275 g/mol. The summed E-state index contributed by atoms with van der Waals surface area (Å²) >= 11 is 8.54. The molecule has 0 spiro atoms. The van der Waals surface area contributed by atoms with Crippen molar-refractivity contribution in [3.05, 3.63) is 0 Å². The van der Waals surface area contributed by atoms with Gasteiger partial charge in [-0.2, -0.15) is 18.1 Å². The third-order valence-electron chi connectivity index (χ3n) is 0.175. The molecule has 54 valence electrons. The van der Waals surface area contributed by atoms with Crippen LogP contribution in [0, 0.1) is 0 Å². The van der Waals surface area contributed by atoms with E-state index in [1.54, 1.807) is 0 Å². The Morgan fingerprint density at radius 2 is 1.44 bits per heavy atom. The first-order chi connectivity index (χ1) is 3.83. The van der Waals surface area contributed by atoms with Crippen LogP contribution in [0.4, 0.5) is 0 Å².